The molecule has 4 nitrogen and oxygen atoms in total. The van der Waals surface area contributed by atoms with Crippen molar-refractivity contribution in [3.8, 4) is 5.75 Å². The molecule has 3 rings (SSSR count). The molecule has 1 aliphatic heterocycles. The van der Waals surface area contributed by atoms with Gasteiger partial charge in [-0.15, -0.1) is 0 Å². The van der Waals surface area contributed by atoms with Crippen LogP contribution in [0.15, 0.2) is 42.6 Å². The fourth-order valence-corrected chi connectivity index (χ4v) is 2.96. The van der Waals surface area contributed by atoms with Crippen molar-refractivity contribution in [2.24, 2.45) is 0 Å². The summed E-state index contributed by atoms with van der Waals surface area (Å²) in [6.07, 6.45) is 1.76. The van der Waals surface area contributed by atoms with Gasteiger partial charge in [0.2, 0.25) is 0 Å². The third-order valence-corrected chi connectivity index (χ3v) is 4.07. The number of para-hydroxylation sites is 2. The summed E-state index contributed by atoms with van der Waals surface area (Å²) in [5, 5.41) is 0.543. The van der Waals surface area contributed by atoms with Gasteiger partial charge in [-0.25, -0.2) is 4.98 Å². The van der Waals surface area contributed by atoms with Gasteiger partial charge in [0, 0.05) is 38.1 Å². The number of pyridine rings is 1. The normalized spacial score (nSPS) is 15.0. The van der Waals surface area contributed by atoms with Crippen molar-refractivity contribution in [1.29, 1.82) is 0 Å². The fraction of sp³-hybridized carbons (Fsp3) is 0.353. The second kappa shape index (κ2) is 6.88. The number of halogens is 1. The van der Waals surface area contributed by atoms with Gasteiger partial charge >= 0.3 is 0 Å². The van der Waals surface area contributed by atoms with Gasteiger partial charge in [0.05, 0.1) is 12.3 Å². The van der Waals surface area contributed by atoms with E-state index in [9.17, 15) is 0 Å². The number of aromatic nitrogens is 1. The molecule has 1 aromatic heterocycles. The lowest BCUT2D eigenvalue weighted by Crippen LogP contribution is -2.46. The minimum Gasteiger partial charge on any atom is -0.492 e. The Bertz CT molecular complexity index is 627. The third kappa shape index (κ3) is 3.28. The van der Waals surface area contributed by atoms with E-state index in [0.29, 0.717) is 11.8 Å². The molecule has 1 fully saturated rings. The van der Waals surface area contributed by atoms with Gasteiger partial charge < -0.3 is 14.5 Å². The monoisotopic (exact) mass is 317 g/mol. The highest BCUT2D eigenvalue weighted by molar-refractivity contribution is 6.29. The van der Waals surface area contributed by atoms with Crippen molar-refractivity contribution in [2.75, 3.05) is 42.6 Å². The Balaban J connectivity index is 1.69. The molecule has 1 saturated heterocycles. The maximum atomic E-state index is 5.98. The maximum Gasteiger partial charge on any atom is 0.142 e. The molecule has 5 heteroatoms. The van der Waals surface area contributed by atoms with Crippen LogP contribution in [0.1, 0.15) is 6.92 Å². The summed E-state index contributed by atoms with van der Waals surface area (Å²) in [6, 6.07) is 12.2. The second-order valence-corrected chi connectivity index (χ2v) is 5.60. The van der Waals surface area contributed by atoms with Gasteiger partial charge in [-0.1, -0.05) is 23.7 Å². The first-order chi connectivity index (χ1) is 10.8. The highest BCUT2D eigenvalue weighted by atomic mass is 35.5. The maximum absolute atomic E-state index is 5.98. The van der Waals surface area contributed by atoms with Crippen LogP contribution in [0.3, 0.4) is 0 Å². The molecule has 2 heterocycles. The zero-order valence-corrected chi connectivity index (χ0v) is 13.5. The van der Waals surface area contributed by atoms with E-state index in [-0.39, 0.29) is 0 Å². The summed E-state index contributed by atoms with van der Waals surface area (Å²) < 4.78 is 5.74. The van der Waals surface area contributed by atoms with Crippen molar-refractivity contribution in [3.05, 3.63) is 47.7 Å². The van der Waals surface area contributed by atoms with E-state index in [1.807, 2.05) is 31.2 Å². The fourth-order valence-electron chi connectivity index (χ4n) is 2.79. The van der Waals surface area contributed by atoms with Crippen LogP contribution in [-0.4, -0.2) is 37.8 Å². The lowest BCUT2D eigenvalue weighted by atomic mass is 10.2. The number of ether oxygens (including phenoxy) is 1. The van der Waals surface area contributed by atoms with E-state index in [1.165, 1.54) is 5.69 Å². The number of anilines is 2. The molecular formula is C17H20ClN3O. The van der Waals surface area contributed by atoms with Crippen molar-refractivity contribution in [1.82, 2.24) is 4.98 Å². The van der Waals surface area contributed by atoms with Gasteiger partial charge in [-0.3, -0.25) is 0 Å². The summed E-state index contributed by atoms with van der Waals surface area (Å²) in [5.74, 6) is 0.963. The largest absolute Gasteiger partial charge is 0.492 e. The molecular weight excluding hydrogens is 298 g/mol. The lowest BCUT2D eigenvalue weighted by Gasteiger charge is -2.37. The van der Waals surface area contributed by atoms with Gasteiger partial charge in [0.25, 0.3) is 0 Å². The Hall–Kier alpha value is -1.94. The van der Waals surface area contributed by atoms with E-state index in [2.05, 4.69) is 26.9 Å². The first-order valence-electron chi connectivity index (χ1n) is 7.61. The molecule has 0 spiro atoms. The number of benzene rings is 1. The summed E-state index contributed by atoms with van der Waals surface area (Å²) >= 11 is 5.98. The average Bonchev–Trinajstić information content (AvgIpc) is 2.56. The Morgan fingerprint density at radius 3 is 2.55 bits per heavy atom. The quantitative estimate of drug-likeness (QED) is 0.807. The molecule has 0 bridgehead atoms. The molecule has 116 valence electrons. The molecule has 0 unspecified atom stereocenters. The molecule has 1 aliphatic rings. The minimum absolute atomic E-state index is 0.543. The first kappa shape index (κ1) is 15.0. The van der Waals surface area contributed by atoms with Crippen LogP contribution in [0.4, 0.5) is 11.4 Å². The van der Waals surface area contributed by atoms with Crippen molar-refractivity contribution in [3.63, 3.8) is 0 Å². The van der Waals surface area contributed by atoms with Gasteiger partial charge in [0.1, 0.15) is 10.9 Å². The molecule has 0 atom stereocenters. The van der Waals surface area contributed by atoms with Gasteiger partial charge in [-0.05, 0) is 31.2 Å². The van der Waals surface area contributed by atoms with Gasteiger partial charge in [0.15, 0.2) is 0 Å². The van der Waals surface area contributed by atoms with E-state index in [4.69, 9.17) is 16.3 Å². The van der Waals surface area contributed by atoms with Crippen LogP contribution in [0.5, 0.6) is 5.75 Å². The molecule has 2 aromatic rings. The zero-order valence-electron chi connectivity index (χ0n) is 12.7. The topological polar surface area (TPSA) is 28.6 Å². The van der Waals surface area contributed by atoms with E-state index in [0.717, 1.165) is 37.6 Å². The Morgan fingerprint density at radius 1 is 1.09 bits per heavy atom. The summed E-state index contributed by atoms with van der Waals surface area (Å²) in [6.45, 7) is 6.55. The molecule has 1 aromatic carbocycles. The Kier molecular flexibility index (Phi) is 4.68. The van der Waals surface area contributed by atoms with Crippen LogP contribution in [0.25, 0.3) is 0 Å². The Morgan fingerprint density at radius 2 is 1.82 bits per heavy atom. The molecule has 0 aliphatic carbocycles. The third-order valence-electron chi connectivity index (χ3n) is 3.86. The number of rotatable bonds is 4. The van der Waals surface area contributed by atoms with Crippen LogP contribution < -0.4 is 14.5 Å². The van der Waals surface area contributed by atoms with Crippen molar-refractivity contribution in [2.45, 2.75) is 6.92 Å². The van der Waals surface area contributed by atoms with Crippen LogP contribution in [-0.2, 0) is 0 Å². The highest BCUT2D eigenvalue weighted by Crippen LogP contribution is 2.29. The van der Waals surface area contributed by atoms with Gasteiger partial charge in [-0.2, -0.15) is 0 Å². The van der Waals surface area contributed by atoms with Crippen molar-refractivity contribution < 1.29 is 4.74 Å². The first-order valence-corrected chi connectivity index (χ1v) is 7.99. The number of hydrogen-bond acceptors (Lipinski definition) is 4. The highest BCUT2D eigenvalue weighted by Gasteiger charge is 2.20. The molecule has 22 heavy (non-hydrogen) atoms. The number of hydrogen-bond donors (Lipinski definition) is 0. The zero-order chi connectivity index (χ0) is 15.4. The van der Waals surface area contributed by atoms with Crippen LogP contribution in [0, 0.1) is 0 Å². The van der Waals surface area contributed by atoms with E-state index in [1.54, 1.807) is 6.20 Å². The average molecular weight is 318 g/mol. The van der Waals surface area contributed by atoms with E-state index >= 15 is 0 Å². The molecule has 0 amide bonds. The summed E-state index contributed by atoms with van der Waals surface area (Å²) in [4.78, 5) is 8.76. The predicted octanol–water partition coefficient (Wildman–Crippen LogP) is 3.46. The standard InChI is InChI=1S/C17H20ClN3O/c1-2-22-16-6-4-3-5-15(16)21-11-9-20(10-12-21)14-7-8-19-17(18)13-14/h3-8,13H,2,9-12H2,1H3. The number of piperazine rings is 1. The Labute approximate surface area is 136 Å². The lowest BCUT2D eigenvalue weighted by molar-refractivity contribution is 0.340. The summed E-state index contributed by atoms with van der Waals surface area (Å²) in [5.41, 5.74) is 2.31. The molecule has 0 N–H and O–H groups in total. The number of nitrogens with zero attached hydrogens (tertiary/aromatic N) is 3. The molecule has 0 saturated carbocycles. The smallest absolute Gasteiger partial charge is 0.142 e. The summed E-state index contributed by atoms with van der Waals surface area (Å²) in [7, 11) is 0. The molecule has 0 radical (unpaired) electrons. The predicted molar refractivity (Wildman–Crippen MR) is 91.3 cm³/mol. The van der Waals surface area contributed by atoms with Crippen LogP contribution in [0.2, 0.25) is 5.15 Å². The van der Waals surface area contributed by atoms with E-state index < -0.39 is 0 Å². The van der Waals surface area contributed by atoms with Crippen molar-refractivity contribution >= 4 is 23.0 Å². The second-order valence-electron chi connectivity index (χ2n) is 5.21. The SMILES string of the molecule is CCOc1ccccc1N1CCN(c2ccnc(Cl)c2)CC1. The minimum atomic E-state index is 0.543. The van der Waals surface area contributed by atoms with Crippen LogP contribution >= 0.6 is 11.6 Å².